The number of likely N-dealkylation sites (tertiary alicyclic amines) is 1. The molecule has 1 fully saturated rings. The molecule has 98 valence electrons. The van der Waals surface area contributed by atoms with E-state index in [4.69, 9.17) is 16.7 Å². The van der Waals surface area contributed by atoms with E-state index in [9.17, 15) is 9.18 Å². The third-order valence-corrected chi connectivity index (χ3v) is 3.74. The van der Waals surface area contributed by atoms with Gasteiger partial charge < -0.3 is 5.11 Å². The average molecular weight is 272 g/mol. The molecular weight excluding hydrogens is 257 g/mol. The highest BCUT2D eigenvalue weighted by atomic mass is 35.5. The van der Waals surface area contributed by atoms with E-state index >= 15 is 0 Å². The zero-order valence-corrected chi connectivity index (χ0v) is 10.8. The van der Waals surface area contributed by atoms with Crippen LogP contribution in [0.15, 0.2) is 18.2 Å². The number of carbonyl (C=O) groups is 1. The number of halogens is 2. The maximum atomic E-state index is 13.0. The summed E-state index contributed by atoms with van der Waals surface area (Å²) < 4.78 is 13.0. The first-order valence-electron chi connectivity index (χ1n) is 5.88. The van der Waals surface area contributed by atoms with E-state index in [-0.39, 0.29) is 24.2 Å². The first-order valence-corrected chi connectivity index (χ1v) is 6.26. The maximum absolute atomic E-state index is 13.0. The Morgan fingerprint density at radius 1 is 1.61 bits per heavy atom. The third kappa shape index (κ3) is 2.82. The van der Waals surface area contributed by atoms with Gasteiger partial charge in [0.1, 0.15) is 5.82 Å². The van der Waals surface area contributed by atoms with Gasteiger partial charge in [0.15, 0.2) is 0 Å². The first kappa shape index (κ1) is 13.3. The second-order valence-corrected chi connectivity index (χ2v) is 5.17. The van der Waals surface area contributed by atoms with Crippen molar-refractivity contribution in [1.29, 1.82) is 0 Å². The zero-order chi connectivity index (χ0) is 13.3. The van der Waals surface area contributed by atoms with Gasteiger partial charge in [0.2, 0.25) is 0 Å². The highest BCUT2D eigenvalue weighted by Gasteiger charge is 2.32. The van der Waals surface area contributed by atoms with E-state index in [1.807, 2.05) is 6.92 Å². The lowest BCUT2D eigenvalue weighted by Crippen LogP contribution is -2.48. The van der Waals surface area contributed by atoms with Crippen molar-refractivity contribution >= 4 is 17.6 Å². The molecule has 18 heavy (non-hydrogen) atoms. The maximum Gasteiger partial charge on any atom is 0.303 e. The van der Waals surface area contributed by atoms with Crippen molar-refractivity contribution in [1.82, 2.24) is 4.90 Å². The van der Waals surface area contributed by atoms with Crippen LogP contribution in [0.3, 0.4) is 0 Å². The number of carboxylic acid groups (broad SMARTS) is 1. The van der Waals surface area contributed by atoms with E-state index < -0.39 is 5.97 Å². The summed E-state index contributed by atoms with van der Waals surface area (Å²) in [5.74, 6) is -0.889. The molecule has 2 rings (SSSR count). The summed E-state index contributed by atoms with van der Waals surface area (Å²) in [5, 5.41) is 9.10. The quantitative estimate of drug-likeness (QED) is 0.915. The summed E-state index contributed by atoms with van der Waals surface area (Å²) in [6, 6.07) is 4.48. The largest absolute Gasteiger partial charge is 0.481 e. The van der Waals surface area contributed by atoms with Gasteiger partial charge in [-0.05, 0) is 30.5 Å². The van der Waals surface area contributed by atoms with Crippen molar-refractivity contribution in [2.45, 2.75) is 19.4 Å². The number of aliphatic carboxylic acids is 1. The summed E-state index contributed by atoms with van der Waals surface area (Å²) in [6.07, 6.45) is 0.209. The van der Waals surface area contributed by atoms with Crippen LogP contribution in [-0.4, -0.2) is 29.1 Å². The Morgan fingerprint density at radius 3 is 2.83 bits per heavy atom. The Labute approximate surface area is 110 Å². The number of hydrogen-bond donors (Lipinski definition) is 1. The second-order valence-electron chi connectivity index (χ2n) is 4.76. The van der Waals surface area contributed by atoms with Gasteiger partial charge in [0, 0.05) is 24.2 Å². The lowest BCUT2D eigenvalue weighted by molar-refractivity contribution is -0.139. The van der Waals surface area contributed by atoms with Crippen LogP contribution in [-0.2, 0) is 4.79 Å². The van der Waals surface area contributed by atoms with Crippen molar-refractivity contribution in [3.8, 4) is 0 Å². The smallest absolute Gasteiger partial charge is 0.303 e. The Hall–Kier alpha value is -1.13. The molecule has 0 aliphatic carbocycles. The van der Waals surface area contributed by atoms with E-state index in [0.717, 1.165) is 18.7 Å². The summed E-state index contributed by atoms with van der Waals surface area (Å²) in [4.78, 5) is 12.7. The van der Waals surface area contributed by atoms with Crippen molar-refractivity contribution in [2.75, 3.05) is 13.1 Å². The molecule has 0 aromatic heterocycles. The minimum atomic E-state index is -0.757. The van der Waals surface area contributed by atoms with Crippen molar-refractivity contribution < 1.29 is 14.3 Å². The minimum Gasteiger partial charge on any atom is -0.481 e. The van der Waals surface area contributed by atoms with Gasteiger partial charge in [-0.3, -0.25) is 9.69 Å². The van der Waals surface area contributed by atoms with Crippen LogP contribution in [0.5, 0.6) is 0 Å². The third-order valence-electron chi connectivity index (χ3n) is 3.41. The SMILES string of the molecule is CC(c1ccc(F)cc1Cl)N1CC(CC(=O)O)C1. The lowest BCUT2D eigenvalue weighted by Gasteiger charge is -2.43. The summed E-state index contributed by atoms with van der Waals surface area (Å²) in [6.45, 7) is 3.50. The molecule has 1 aliphatic heterocycles. The Balaban J connectivity index is 1.97. The molecule has 1 aromatic carbocycles. The summed E-state index contributed by atoms with van der Waals surface area (Å²) >= 11 is 6.01. The topological polar surface area (TPSA) is 40.5 Å². The van der Waals surface area contributed by atoms with Gasteiger partial charge in [-0.15, -0.1) is 0 Å². The Kier molecular flexibility index (Phi) is 3.88. The predicted octanol–water partition coefficient (Wildman–Crippen LogP) is 2.95. The van der Waals surface area contributed by atoms with Gasteiger partial charge in [0.25, 0.3) is 0 Å². The van der Waals surface area contributed by atoms with Crippen molar-refractivity contribution in [2.24, 2.45) is 5.92 Å². The Morgan fingerprint density at radius 2 is 2.28 bits per heavy atom. The van der Waals surface area contributed by atoms with Gasteiger partial charge in [-0.2, -0.15) is 0 Å². The molecular formula is C13H15ClFNO2. The fourth-order valence-corrected chi connectivity index (χ4v) is 2.66. The molecule has 1 atom stereocenters. The van der Waals surface area contributed by atoms with Crippen LogP contribution >= 0.6 is 11.6 Å². The molecule has 1 heterocycles. The molecule has 1 N–H and O–H groups in total. The highest BCUT2D eigenvalue weighted by molar-refractivity contribution is 6.31. The lowest BCUT2D eigenvalue weighted by atomic mass is 9.92. The van der Waals surface area contributed by atoms with Gasteiger partial charge in [0.05, 0.1) is 6.42 Å². The van der Waals surface area contributed by atoms with Crippen LogP contribution in [0, 0.1) is 11.7 Å². The molecule has 5 heteroatoms. The van der Waals surface area contributed by atoms with E-state index in [2.05, 4.69) is 4.90 Å². The highest BCUT2D eigenvalue weighted by Crippen LogP contribution is 2.33. The monoisotopic (exact) mass is 271 g/mol. The average Bonchev–Trinajstić information content (AvgIpc) is 2.21. The number of rotatable bonds is 4. The zero-order valence-electron chi connectivity index (χ0n) is 10.1. The number of nitrogens with zero attached hydrogens (tertiary/aromatic N) is 1. The molecule has 1 aliphatic rings. The van der Waals surface area contributed by atoms with Crippen molar-refractivity contribution in [3.05, 3.63) is 34.6 Å². The van der Waals surface area contributed by atoms with Gasteiger partial charge >= 0.3 is 5.97 Å². The summed E-state index contributed by atoms with van der Waals surface area (Å²) in [5.41, 5.74) is 0.881. The fraction of sp³-hybridized carbons (Fsp3) is 0.462. The normalized spacial score (nSPS) is 18.4. The molecule has 0 spiro atoms. The molecule has 1 unspecified atom stereocenters. The van der Waals surface area contributed by atoms with Gasteiger partial charge in [-0.1, -0.05) is 17.7 Å². The standard InChI is InChI=1S/C13H15ClFNO2/c1-8(11-3-2-10(15)5-12(11)14)16-6-9(7-16)4-13(17)18/h2-3,5,8-9H,4,6-7H2,1H3,(H,17,18). The van der Waals surface area contributed by atoms with Crippen LogP contribution < -0.4 is 0 Å². The predicted molar refractivity (Wildman–Crippen MR) is 67.1 cm³/mol. The first-order chi connectivity index (χ1) is 8.47. The molecule has 1 aromatic rings. The van der Waals surface area contributed by atoms with E-state index in [1.54, 1.807) is 6.07 Å². The van der Waals surface area contributed by atoms with E-state index in [0.29, 0.717) is 5.02 Å². The minimum absolute atomic E-state index is 0.0862. The number of hydrogen-bond acceptors (Lipinski definition) is 2. The molecule has 0 radical (unpaired) electrons. The van der Waals surface area contributed by atoms with Crippen molar-refractivity contribution in [3.63, 3.8) is 0 Å². The second kappa shape index (κ2) is 5.24. The van der Waals surface area contributed by atoms with Crippen LogP contribution in [0.2, 0.25) is 5.02 Å². The fourth-order valence-electron chi connectivity index (χ4n) is 2.34. The van der Waals surface area contributed by atoms with Crippen LogP contribution in [0.4, 0.5) is 4.39 Å². The van der Waals surface area contributed by atoms with E-state index in [1.165, 1.54) is 12.1 Å². The summed E-state index contributed by atoms with van der Waals surface area (Å²) in [7, 11) is 0. The Bertz CT molecular complexity index is 460. The van der Waals surface area contributed by atoms with Crippen LogP contribution in [0.1, 0.15) is 24.9 Å². The van der Waals surface area contributed by atoms with Crippen LogP contribution in [0.25, 0.3) is 0 Å². The molecule has 0 bridgehead atoms. The molecule has 3 nitrogen and oxygen atoms in total. The molecule has 1 saturated heterocycles. The number of benzene rings is 1. The molecule has 0 saturated carbocycles. The number of carboxylic acids is 1. The molecule has 0 amide bonds. The van der Waals surface area contributed by atoms with Gasteiger partial charge in [-0.25, -0.2) is 4.39 Å².